The molecule has 3 nitrogen and oxygen atoms in total. The minimum absolute atomic E-state index is 0.00389. The fourth-order valence-corrected chi connectivity index (χ4v) is 2.34. The number of benzene rings is 2. The number of ether oxygens (including phenoxy) is 1. The zero-order valence-corrected chi connectivity index (χ0v) is 13.7. The molecule has 0 aliphatic heterocycles. The molecule has 2 rings (SSSR count). The summed E-state index contributed by atoms with van der Waals surface area (Å²) in [5.41, 5.74) is 2.74. The number of anilines is 1. The summed E-state index contributed by atoms with van der Waals surface area (Å²) in [6.07, 6.45) is 0.126. The van der Waals surface area contributed by atoms with Crippen LogP contribution in [0.3, 0.4) is 0 Å². The molecule has 0 aliphatic carbocycles. The van der Waals surface area contributed by atoms with E-state index in [4.69, 9.17) is 4.74 Å². The zero-order valence-electron chi connectivity index (χ0n) is 13.7. The van der Waals surface area contributed by atoms with Gasteiger partial charge < -0.3 is 9.64 Å². The van der Waals surface area contributed by atoms with Crippen LogP contribution in [0.4, 0.5) is 5.69 Å². The van der Waals surface area contributed by atoms with Crippen molar-refractivity contribution in [2.24, 2.45) is 0 Å². The van der Waals surface area contributed by atoms with Crippen molar-refractivity contribution in [3.63, 3.8) is 0 Å². The van der Waals surface area contributed by atoms with Crippen molar-refractivity contribution in [3.05, 3.63) is 59.7 Å². The number of nitrogens with zero attached hydrogens (tertiary/aromatic N) is 1. The van der Waals surface area contributed by atoms with Crippen LogP contribution in [-0.4, -0.2) is 18.6 Å². The third kappa shape index (κ3) is 3.88. The Morgan fingerprint density at radius 2 is 1.82 bits per heavy atom. The lowest BCUT2D eigenvalue weighted by Gasteiger charge is -2.21. The van der Waals surface area contributed by atoms with Crippen LogP contribution in [0.5, 0.6) is 5.75 Å². The van der Waals surface area contributed by atoms with Gasteiger partial charge in [0.2, 0.25) is 0 Å². The van der Waals surface area contributed by atoms with Crippen LogP contribution in [0.25, 0.3) is 0 Å². The molecule has 0 atom stereocenters. The zero-order chi connectivity index (χ0) is 16.1. The minimum atomic E-state index is 0.00389. The molecule has 0 heterocycles. The highest BCUT2D eigenvalue weighted by Crippen LogP contribution is 2.20. The lowest BCUT2D eigenvalue weighted by Crippen LogP contribution is -2.30. The first kappa shape index (κ1) is 16.1. The molecule has 2 aromatic rings. The summed E-state index contributed by atoms with van der Waals surface area (Å²) in [6, 6.07) is 15.3. The van der Waals surface area contributed by atoms with Gasteiger partial charge in [-0.05, 0) is 69.7 Å². The van der Waals surface area contributed by atoms with E-state index in [0.29, 0.717) is 12.1 Å². The van der Waals surface area contributed by atoms with E-state index >= 15 is 0 Å². The fourth-order valence-electron chi connectivity index (χ4n) is 2.34. The maximum atomic E-state index is 12.7. The molecular weight excluding hydrogens is 274 g/mol. The molecule has 0 fully saturated rings. The Balaban J connectivity index is 2.21. The van der Waals surface area contributed by atoms with Gasteiger partial charge in [0.05, 0.1) is 6.10 Å². The number of hydrogen-bond donors (Lipinski definition) is 0. The van der Waals surface area contributed by atoms with Crippen molar-refractivity contribution >= 4 is 11.6 Å². The Morgan fingerprint density at radius 1 is 1.14 bits per heavy atom. The molecule has 0 unspecified atom stereocenters. The molecule has 0 radical (unpaired) electrons. The Hall–Kier alpha value is -2.29. The summed E-state index contributed by atoms with van der Waals surface area (Å²) in [4.78, 5) is 14.5. The molecule has 0 aliphatic rings. The Bertz CT molecular complexity index is 632. The molecule has 0 bridgehead atoms. The van der Waals surface area contributed by atoms with Gasteiger partial charge in [-0.15, -0.1) is 0 Å². The van der Waals surface area contributed by atoms with Crippen LogP contribution < -0.4 is 9.64 Å². The number of carbonyl (C=O) groups is 1. The summed E-state index contributed by atoms with van der Waals surface area (Å²) in [5.74, 6) is 0.786. The van der Waals surface area contributed by atoms with Crippen LogP contribution >= 0.6 is 0 Å². The van der Waals surface area contributed by atoms with Gasteiger partial charge in [0.1, 0.15) is 5.75 Å². The summed E-state index contributed by atoms with van der Waals surface area (Å²) in [5, 5.41) is 0. The van der Waals surface area contributed by atoms with E-state index < -0.39 is 0 Å². The Morgan fingerprint density at radius 3 is 2.36 bits per heavy atom. The molecule has 0 aromatic heterocycles. The fraction of sp³-hybridized carbons (Fsp3) is 0.316. The highest BCUT2D eigenvalue weighted by Gasteiger charge is 2.16. The first-order chi connectivity index (χ1) is 10.5. The summed E-state index contributed by atoms with van der Waals surface area (Å²) >= 11 is 0. The van der Waals surface area contributed by atoms with Gasteiger partial charge in [0, 0.05) is 17.8 Å². The summed E-state index contributed by atoms with van der Waals surface area (Å²) in [6.45, 7) is 8.61. The van der Waals surface area contributed by atoms with E-state index in [2.05, 4.69) is 0 Å². The number of carbonyl (C=O) groups excluding carboxylic acids is 1. The van der Waals surface area contributed by atoms with Gasteiger partial charge in [-0.2, -0.15) is 0 Å². The maximum absolute atomic E-state index is 12.7. The van der Waals surface area contributed by atoms with Crippen molar-refractivity contribution in [3.8, 4) is 5.75 Å². The molecule has 3 heteroatoms. The van der Waals surface area contributed by atoms with Gasteiger partial charge in [-0.25, -0.2) is 0 Å². The summed E-state index contributed by atoms with van der Waals surface area (Å²) in [7, 11) is 0. The van der Waals surface area contributed by atoms with E-state index in [1.165, 1.54) is 0 Å². The van der Waals surface area contributed by atoms with Gasteiger partial charge in [0.25, 0.3) is 5.91 Å². The third-order valence-corrected chi connectivity index (χ3v) is 3.35. The molecular formula is C19H23NO2. The second-order valence-corrected chi connectivity index (χ2v) is 5.58. The highest BCUT2D eigenvalue weighted by molar-refractivity contribution is 6.06. The number of amides is 1. The first-order valence-corrected chi connectivity index (χ1v) is 7.66. The Labute approximate surface area is 132 Å². The maximum Gasteiger partial charge on any atom is 0.258 e. The normalized spacial score (nSPS) is 10.6. The predicted molar refractivity (Wildman–Crippen MR) is 90.7 cm³/mol. The quantitative estimate of drug-likeness (QED) is 0.816. The lowest BCUT2D eigenvalue weighted by molar-refractivity contribution is 0.0988. The van der Waals surface area contributed by atoms with Crippen LogP contribution in [0.2, 0.25) is 0 Å². The van der Waals surface area contributed by atoms with Crippen molar-refractivity contribution in [2.75, 3.05) is 11.4 Å². The van der Waals surface area contributed by atoms with Crippen molar-refractivity contribution in [2.45, 2.75) is 33.8 Å². The molecule has 2 aromatic carbocycles. The van der Waals surface area contributed by atoms with Crippen LogP contribution in [0.1, 0.15) is 36.7 Å². The van der Waals surface area contributed by atoms with Gasteiger partial charge in [-0.1, -0.05) is 12.1 Å². The standard InChI is InChI=1S/C19H23NO2/c1-5-20(17-8-6-7-15(4)13-17)19(21)16-9-11-18(12-10-16)22-14(2)3/h6-14H,5H2,1-4H3. The van der Waals surface area contributed by atoms with Gasteiger partial charge >= 0.3 is 0 Å². The number of hydrogen-bond acceptors (Lipinski definition) is 2. The average molecular weight is 297 g/mol. The monoisotopic (exact) mass is 297 g/mol. The van der Waals surface area contributed by atoms with Gasteiger partial charge in [-0.3, -0.25) is 4.79 Å². The van der Waals surface area contributed by atoms with E-state index in [1.807, 2.05) is 76.2 Å². The summed E-state index contributed by atoms with van der Waals surface area (Å²) < 4.78 is 5.61. The molecule has 0 N–H and O–H groups in total. The molecule has 0 saturated heterocycles. The second kappa shape index (κ2) is 7.12. The van der Waals surface area contributed by atoms with Crippen LogP contribution in [0, 0.1) is 6.92 Å². The minimum Gasteiger partial charge on any atom is -0.491 e. The van der Waals surface area contributed by atoms with Crippen molar-refractivity contribution in [1.29, 1.82) is 0 Å². The first-order valence-electron chi connectivity index (χ1n) is 7.66. The third-order valence-electron chi connectivity index (χ3n) is 3.35. The van der Waals surface area contributed by atoms with E-state index in [9.17, 15) is 4.79 Å². The largest absolute Gasteiger partial charge is 0.491 e. The van der Waals surface area contributed by atoms with E-state index in [-0.39, 0.29) is 12.0 Å². The van der Waals surface area contributed by atoms with Gasteiger partial charge in [0.15, 0.2) is 0 Å². The van der Waals surface area contributed by atoms with E-state index in [0.717, 1.165) is 17.0 Å². The molecule has 1 amide bonds. The highest BCUT2D eigenvalue weighted by atomic mass is 16.5. The molecule has 0 spiro atoms. The number of aryl methyl sites for hydroxylation is 1. The topological polar surface area (TPSA) is 29.5 Å². The smallest absolute Gasteiger partial charge is 0.258 e. The Kier molecular flexibility index (Phi) is 5.21. The SMILES string of the molecule is CCN(C(=O)c1ccc(OC(C)C)cc1)c1cccc(C)c1. The van der Waals surface area contributed by atoms with E-state index in [1.54, 1.807) is 4.90 Å². The van der Waals surface area contributed by atoms with Crippen molar-refractivity contribution in [1.82, 2.24) is 0 Å². The molecule has 0 saturated carbocycles. The second-order valence-electron chi connectivity index (χ2n) is 5.58. The van der Waals surface area contributed by atoms with Crippen molar-refractivity contribution < 1.29 is 9.53 Å². The number of rotatable bonds is 5. The molecule has 116 valence electrons. The van der Waals surface area contributed by atoms with Crippen LogP contribution in [-0.2, 0) is 0 Å². The predicted octanol–water partition coefficient (Wildman–Crippen LogP) is 4.45. The van der Waals surface area contributed by atoms with Crippen LogP contribution in [0.15, 0.2) is 48.5 Å². The molecule has 22 heavy (non-hydrogen) atoms. The average Bonchev–Trinajstić information content (AvgIpc) is 2.48. The lowest BCUT2D eigenvalue weighted by atomic mass is 10.1.